The average molecular weight is 322 g/mol. The summed E-state index contributed by atoms with van der Waals surface area (Å²) in [5.41, 5.74) is -3.24. The third-order valence-electron chi connectivity index (χ3n) is 6.28. The van der Waals surface area contributed by atoms with E-state index in [1.165, 1.54) is 0 Å². The molecule has 0 saturated carbocycles. The fraction of sp³-hybridized carbons (Fsp3) is 0.882. The first-order valence-electron chi connectivity index (χ1n) is 8.15. The summed E-state index contributed by atoms with van der Waals surface area (Å²) in [7, 11) is 0. The van der Waals surface area contributed by atoms with Crippen LogP contribution in [0.3, 0.4) is 0 Å². The van der Waals surface area contributed by atoms with Gasteiger partial charge in [0.25, 0.3) is 0 Å². The zero-order valence-electron chi connectivity index (χ0n) is 16.1. The van der Waals surface area contributed by atoms with E-state index in [-0.39, 0.29) is 0 Å². The second kappa shape index (κ2) is 4.48. The van der Waals surface area contributed by atoms with Gasteiger partial charge in [0.05, 0.1) is 27.6 Å². The van der Waals surface area contributed by atoms with E-state index in [4.69, 9.17) is 0 Å². The Labute approximate surface area is 139 Å². The van der Waals surface area contributed by atoms with Crippen molar-refractivity contribution < 1.29 is 10.4 Å². The lowest BCUT2D eigenvalue weighted by molar-refractivity contribution is -0.169. The van der Waals surface area contributed by atoms with Gasteiger partial charge in [-0.3, -0.25) is 9.98 Å². The number of hydrogen-bond acceptors (Lipinski definition) is 4. The monoisotopic (exact) mass is 322 g/mol. The van der Waals surface area contributed by atoms with Crippen molar-refractivity contribution in [3.8, 4) is 0 Å². The molecule has 0 bridgehead atoms. The molecule has 0 unspecified atom stereocenters. The molecule has 0 N–H and O–H groups in total. The molecule has 2 heterocycles. The Morgan fingerprint density at radius 3 is 1.13 bits per heavy atom. The first-order chi connectivity index (χ1) is 10.00. The smallest absolute Gasteiger partial charge is 0.141 e. The SMILES string of the molecule is CC(C)(C1=NC(C)(C)C(C)(C)N1[O])C1=NC(C)(C)C(C)(C)N1[O]. The van der Waals surface area contributed by atoms with Crippen molar-refractivity contribution in [1.29, 1.82) is 0 Å². The van der Waals surface area contributed by atoms with Crippen molar-refractivity contribution in [2.45, 2.75) is 91.4 Å². The summed E-state index contributed by atoms with van der Waals surface area (Å²) >= 11 is 0. The minimum atomic E-state index is -0.848. The van der Waals surface area contributed by atoms with Crippen LogP contribution in [0.25, 0.3) is 0 Å². The van der Waals surface area contributed by atoms with Crippen LogP contribution in [0.15, 0.2) is 9.98 Å². The van der Waals surface area contributed by atoms with Crippen molar-refractivity contribution in [2.75, 3.05) is 0 Å². The third-order valence-corrected chi connectivity index (χ3v) is 6.28. The Hall–Kier alpha value is -1.14. The van der Waals surface area contributed by atoms with E-state index in [9.17, 15) is 10.4 Å². The minimum Gasteiger partial charge on any atom is -0.261 e. The summed E-state index contributed by atoms with van der Waals surface area (Å²) in [5.74, 6) is 0.751. The van der Waals surface area contributed by atoms with Gasteiger partial charge in [-0.15, -0.1) is 0 Å². The molecule has 0 aromatic rings. The normalized spacial score (nSPS) is 28.0. The highest BCUT2D eigenvalue weighted by atomic mass is 16.5. The Morgan fingerprint density at radius 1 is 0.696 bits per heavy atom. The topological polar surface area (TPSA) is 71.0 Å². The molecule has 6 heteroatoms. The molecule has 0 aromatic heterocycles. The van der Waals surface area contributed by atoms with E-state index in [0.29, 0.717) is 11.7 Å². The van der Waals surface area contributed by atoms with Crippen LogP contribution >= 0.6 is 0 Å². The van der Waals surface area contributed by atoms with Crippen LogP contribution in [0.2, 0.25) is 0 Å². The summed E-state index contributed by atoms with van der Waals surface area (Å²) in [4.78, 5) is 9.37. The van der Waals surface area contributed by atoms with Gasteiger partial charge in [0.1, 0.15) is 11.7 Å². The molecule has 6 nitrogen and oxygen atoms in total. The van der Waals surface area contributed by atoms with Gasteiger partial charge >= 0.3 is 0 Å². The largest absolute Gasteiger partial charge is 0.261 e. The fourth-order valence-corrected chi connectivity index (χ4v) is 2.81. The lowest BCUT2D eigenvalue weighted by atomic mass is 9.83. The van der Waals surface area contributed by atoms with Gasteiger partial charge < -0.3 is 0 Å². The molecule has 23 heavy (non-hydrogen) atoms. The molecule has 0 amide bonds. The molecule has 0 fully saturated rings. The molecule has 0 aliphatic carbocycles. The first-order valence-corrected chi connectivity index (χ1v) is 8.15. The van der Waals surface area contributed by atoms with Gasteiger partial charge in [-0.05, 0) is 69.2 Å². The maximum atomic E-state index is 12.9. The molecule has 2 aliphatic heterocycles. The maximum absolute atomic E-state index is 12.9. The minimum absolute atomic E-state index is 0.376. The van der Waals surface area contributed by atoms with Crippen LogP contribution in [0.5, 0.6) is 0 Å². The Kier molecular flexibility index (Phi) is 3.54. The van der Waals surface area contributed by atoms with E-state index in [2.05, 4.69) is 9.98 Å². The highest BCUT2D eigenvalue weighted by Crippen LogP contribution is 2.46. The van der Waals surface area contributed by atoms with Crippen molar-refractivity contribution in [2.24, 2.45) is 15.4 Å². The quantitative estimate of drug-likeness (QED) is 0.783. The van der Waals surface area contributed by atoms with Crippen LogP contribution in [0.4, 0.5) is 0 Å². The van der Waals surface area contributed by atoms with E-state index in [1.807, 2.05) is 69.2 Å². The summed E-state index contributed by atoms with van der Waals surface area (Å²) < 4.78 is 0. The van der Waals surface area contributed by atoms with Crippen molar-refractivity contribution in [3.63, 3.8) is 0 Å². The van der Waals surface area contributed by atoms with Crippen LogP contribution in [-0.4, -0.2) is 44.0 Å². The highest BCUT2D eigenvalue weighted by Gasteiger charge is 2.59. The van der Waals surface area contributed by atoms with E-state index in [1.54, 1.807) is 0 Å². The number of nitrogens with zero attached hydrogens (tertiary/aromatic N) is 4. The van der Waals surface area contributed by atoms with Crippen molar-refractivity contribution >= 4 is 11.7 Å². The van der Waals surface area contributed by atoms with E-state index >= 15 is 0 Å². The molecule has 2 aliphatic rings. The molecule has 2 rings (SSSR count). The number of hydrogen-bond donors (Lipinski definition) is 0. The molecular weight excluding hydrogens is 292 g/mol. The van der Waals surface area contributed by atoms with Gasteiger partial charge in [-0.1, -0.05) is 10.4 Å². The Bertz CT molecular complexity index is 535. The predicted octanol–water partition coefficient (Wildman–Crippen LogP) is 3.25. The summed E-state index contributed by atoms with van der Waals surface area (Å²) in [6, 6.07) is 0. The molecule has 130 valence electrons. The predicted molar refractivity (Wildman–Crippen MR) is 90.0 cm³/mol. The Balaban J connectivity index is 2.53. The van der Waals surface area contributed by atoms with Gasteiger partial charge in [0.15, 0.2) is 0 Å². The molecule has 0 saturated heterocycles. The molecule has 0 aromatic carbocycles. The molecule has 0 atom stereocenters. The maximum Gasteiger partial charge on any atom is 0.141 e. The standard InChI is InChI=1S/C17H30N4O2/c1-13(2,11-18-14(3,4)16(7,8)20(11)22)12-19-15(5,6)17(9,10)21(12)23/h1-10H3. The number of hydroxylamine groups is 4. The lowest BCUT2D eigenvalue weighted by Gasteiger charge is -2.39. The van der Waals surface area contributed by atoms with Crippen LogP contribution in [0, 0.1) is 5.41 Å². The first kappa shape index (κ1) is 18.2. The van der Waals surface area contributed by atoms with Crippen LogP contribution < -0.4 is 0 Å². The molecule has 0 spiro atoms. The lowest BCUT2D eigenvalue weighted by Crippen LogP contribution is -2.56. The second-order valence-corrected chi connectivity index (χ2v) is 9.32. The van der Waals surface area contributed by atoms with Crippen LogP contribution in [-0.2, 0) is 10.4 Å². The van der Waals surface area contributed by atoms with Crippen molar-refractivity contribution in [1.82, 2.24) is 10.1 Å². The molecule has 2 radical (unpaired) electrons. The van der Waals surface area contributed by atoms with Crippen LogP contribution in [0.1, 0.15) is 69.2 Å². The average Bonchev–Trinajstić information content (AvgIpc) is 2.64. The van der Waals surface area contributed by atoms with Gasteiger partial charge in [0, 0.05) is 0 Å². The zero-order valence-corrected chi connectivity index (χ0v) is 16.1. The third kappa shape index (κ3) is 2.14. The number of aliphatic imine (C=N–C) groups is 2. The zero-order chi connectivity index (χ0) is 18.2. The summed E-state index contributed by atoms with van der Waals surface area (Å²) in [6.45, 7) is 19.0. The van der Waals surface area contributed by atoms with Gasteiger partial charge in [-0.2, -0.15) is 10.1 Å². The summed E-state index contributed by atoms with van der Waals surface area (Å²) in [6.07, 6.45) is 0. The number of rotatable bonds is 2. The fourth-order valence-electron chi connectivity index (χ4n) is 2.81. The van der Waals surface area contributed by atoms with Gasteiger partial charge in [-0.25, -0.2) is 0 Å². The summed E-state index contributed by atoms with van der Waals surface area (Å²) in [5, 5.41) is 27.7. The van der Waals surface area contributed by atoms with E-state index < -0.39 is 27.6 Å². The van der Waals surface area contributed by atoms with E-state index in [0.717, 1.165) is 10.1 Å². The van der Waals surface area contributed by atoms with Gasteiger partial charge in [0.2, 0.25) is 0 Å². The second-order valence-electron chi connectivity index (χ2n) is 9.32. The number of amidine groups is 2. The highest BCUT2D eigenvalue weighted by molar-refractivity contribution is 6.10. The Morgan fingerprint density at radius 2 is 0.957 bits per heavy atom. The molecular formula is C17H30N4O2. The van der Waals surface area contributed by atoms with Crippen molar-refractivity contribution in [3.05, 3.63) is 0 Å².